The van der Waals surface area contributed by atoms with E-state index in [1.54, 1.807) is 13.3 Å². The van der Waals surface area contributed by atoms with Crippen molar-refractivity contribution >= 4 is 29.9 Å². The third kappa shape index (κ3) is 7.64. The number of guanidine groups is 1. The molecule has 0 aliphatic heterocycles. The first kappa shape index (κ1) is 19.1. The second-order valence-electron chi connectivity index (χ2n) is 4.24. The molecule has 0 unspecified atom stereocenters. The van der Waals surface area contributed by atoms with Crippen molar-refractivity contribution in [3.05, 3.63) is 29.6 Å². The van der Waals surface area contributed by atoms with Crippen LogP contribution in [0.3, 0.4) is 0 Å². The number of aryl methyl sites for hydroxylation is 1. The van der Waals surface area contributed by atoms with Crippen LogP contribution in [-0.2, 0) is 11.3 Å². The monoisotopic (exact) mass is 392 g/mol. The van der Waals surface area contributed by atoms with Gasteiger partial charge in [-0.2, -0.15) is 0 Å². The first-order valence-corrected chi connectivity index (χ1v) is 6.69. The Balaban J connectivity index is 0.00000361. The molecule has 1 aromatic rings. The summed E-state index contributed by atoms with van der Waals surface area (Å²) >= 11 is 0. The van der Waals surface area contributed by atoms with Gasteiger partial charge in [0.1, 0.15) is 0 Å². The molecule has 0 bridgehead atoms. The maximum absolute atomic E-state index is 5.02. The summed E-state index contributed by atoms with van der Waals surface area (Å²) in [5, 5.41) is 6.50. The summed E-state index contributed by atoms with van der Waals surface area (Å²) in [7, 11) is 1.71. The number of hydrogen-bond acceptors (Lipinski definition) is 3. The lowest BCUT2D eigenvalue weighted by molar-refractivity contribution is 0.195. The van der Waals surface area contributed by atoms with E-state index in [-0.39, 0.29) is 24.0 Å². The summed E-state index contributed by atoms with van der Waals surface area (Å²) in [6.45, 7) is 7.14. The lowest BCUT2D eigenvalue weighted by atomic mass is 10.2. The van der Waals surface area contributed by atoms with Crippen molar-refractivity contribution in [3.63, 3.8) is 0 Å². The van der Waals surface area contributed by atoms with Crippen LogP contribution in [0.25, 0.3) is 0 Å². The highest BCUT2D eigenvalue weighted by atomic mass is 127. The summed E-state index contributed by atoms with van der Waals surface area (Å²) in [5.41, 5.74) is 2.18. The van der Waals surface area contributed by atoms with Crippen molar-refractivity contribution in [3.8, 4) is 0 Å². The van der Waals surface area contributed by atoms with Crippen LogP contribution < -0.4 is 10.6 Å². The Morgan fingerprint density at radius 3 is 2.85 bits per heavy atom. The van der Waals surface area contributed by atoms with E-state index in [2.05, 4.69) is 40.5 Å². The van der Waals surface area contributed by atoms with Crippen molar-refractivity contribution in [2.24, 2.45) is 4.99 Å². The first-order chi connectivity index (χ1) is 9.27. The number of rotatable bonds is 7. The van der Waals surface area contributed by atoms with Crippen LogP contribution in [-0.4, -0.2) is 37.7 Å². The van der Waals surface area contributed by atoms with Gasteiger partial charge in [0.05, 0.1) is 12.2 Å². The molecule has 0 aromatic carbocycles. The molecule has 6 heteroatoms. The largest absolute Gasteiger partial charge is 0.385 e. The van der Waals surface area contributed by atoms with Gasteiger partial charge in [0.2, 0.25) is 0 Å². The molecule has 1 aromatic heterocycles. The Kier molecular flexibility index (Phi) is 11.4. The molecular formula is C14H25IN4O. The lowest BCUT2D eigenvalue weighted by Gasteiger charge is -2.11. The van der Waals surface area contributed by atoms with Gasteiger partial charge in [-0.05, 0) is 31.9 Å². The van der Waals surface area contributed by atoms with Crippen LogP contribution in [0.4, 0.5) is 0 Å². The number of nitrogens with zero attached hydrogens (tertiary/aromatic N) is 2. The summed E-state index contributed by atoms with van der Waals surface area (Å²) in [6.07, 6.45) is 2.76. The molecule has 20 heavy (non-hydrogen) atoms. The number of nitrogens with one attached hydrogen (secondary N) is 2. The number of methoxy groups -OCH3 is 1. The molecule has 0 amide bonds. The molecule has 114 valence electrons. The zero-order chi connectivity index (χ0) is 13.9. The third-order valence-corrected chi connectivity index (χ3v) is 2.67. The lowest BCUT2D eigenvalue weighted by Crippen LogP contribution is -2.38. The van der Waals surface area contributed by atoms with E-state index in [4.69, 9.17) is 4.74 Å². The Hall–Kier alpha value is -0.890. The van der Waals surface area contributed by atoms with E-state index in [1.165, 1.54) is 5.56 Å². The first-order valence-electron chi connectivity index (χ1n) is 6.69. The maximum Gasteiger partial charge on any atom is 0.191 e. The summed E-state index contributed by atoms with van der Waals surface area (Å²) in [6, 6.07) is 3.99. The highest BCUT2D eigenvalue weighted by Gasteiger charge is 2.00. The number of aromatic nitrogens is 1. The number of aliphatic imine (C=N–C) groups is 1. The number of halogens is 1. The van der Waals surface area contributed by atoms with E-state index in [0.29, 0.717) is 6.54 Å². The van der Waals surface area contributed by atoms with E-state index >= 15 is 0 Å². The van der Waals surface area contributed by atoms with Gasteiger partial charge in [-0.3, -0.25) is 4.98 Å². The quantitative estimate of drug-likeness (QED) is 0.323. The predicted octanol–water partition coefficient (Wildman–Crippen LogP) is 2.10. The molecule has 0 atom stereocenters. The molecule has 0 fully saturated rings. The van der Waals surface area contributed by atoms with Gasteiger partial charge >= 0.3 is 0 Å². The fourth-order valence-corrected chi connectivity index (χ4v) is 1.60. The standard InChI is InChI=1S/C14H24N4O.HI/c1-4-15-14(17-9-6-10-19-3)18-11-13-12(2)7-5-8-16-13;/h5,7-8H,4,6,9-11H2,1-3H3,(H2,15,17,18);1H. The summed E-state index contributed by atoms with van der Waals surface area (Å²) in [4.78, 5) is 8.87. The molecule has 0 saturated carbocycles. The molecule has 0 spiro atoms. The highest BCUT2D eigenvalue weighted by Crippen LogP contribution is 2.04. The predicted molar refractivity (Wildman–Crippen MR) is 93.7 cm³/mol. The minimum Gasteiger partial charge on any atom is -0.385 e. The Morgan fingerprint density at radius 2 is 2.20 bits per heavy atom. The molecule has 0 radical (unpaired) electrons. The second kappa shape index (κ2) is 11.9. The second-order valence-corrected chi connectivity index (χ2v) is 4.24. The van der Waals surface area contributed by atoms with E-state index < -0.39 is 0 Å². The van der Waals surface area contributed by atoms with Crippen LogP contribution >= 0.6 is 24.0 Å². The van der Waals surface area contributed by atoms with Crippen molar-refractivity contribution in [2.45, 2.75) is 26.8 Å². The van der Waals surface area contributed by atoms with Gasteiger partial charge in [0, 0.05) is 33.0 Å². The molecule has 2 N–H and O–H groups in total. The van der Waals surface area contributed by atoms with Crippen molar-refractivity contribution in [2.75, 3.05) is 26.8 Å². The van der Waals surface area contributed by atoms with Crippen molar-refractivity contribution in [1.82, 2.24) is 15.6 Å². The fourth-order valence-electron chi connectivity index (χ4n) is 1.60. The normalized spacial score (nSPS) is 10.8. The topological polar surface area (TPSA) is 58.5 Å². The molecule has 1 heterocycles. The Morgan fingerprint density at radius 1 is 1.40 bits per heavy atom. The van der Waals surface area contributed by atoms with Gasteiger partial charge < -0.3 is 15.4 Å². The molecule has 0 saturated heterocycles. The number of ether oxygens (including phenoxy) is 1. The zero-order valence-electron chi connectivity index (χ0n) is 12.5. The van der Waals surface area contributed by atoms with Crippen LogP contribution in [0.5, 0.6) is 0 Å². The molecule has 1 rings (SSSR count). The van der Waals surface area contributed by atoms with Gasteiger partial charge in [-0.1, -0.05) is 6.07 Å². The highest BCUT2D eigenvalue weighted by molar-refractivity contribution is 14.0. The zero-order valence-corrected chi connectivity index (χ0v) is 14.8. The molecule has 0 aliphatic rings. The SMILES string of the molecule is CCNC(=NCc1ncccc1C)NCCCOC.I. The minimum atomic E-state index is 0. The number of pyridine rings is 1. The third-order valence-electron chi connectivity index (χ3n) is 2.67. The van der Waals surface area contributed by atoms with E-state index in [9.17, 15) is 0 Å². The Labute approximate surface area is 138 Å². The average Bonchev–Trinajstić information content (AvgIpc) is 2.42. The average molecular weight is 392 g/mol. The van der Waals surface area contributed by atoms with Gasteiger partial charge in [0.25, 0.3) is 0 Å². The Bertz CT molecular complexity index is 399. The fraction of sp³-hybridized carbons (Fsp3) is 0.571. The van der Waals surface area contributed by atoms with Crippen LogP contribution in [0.1, 0.15) is 24.6 Å². The molecule has 0 aliphatic carbocycles. The van der Waals surface area contributed by atoms with Gasteiger partial charge in [0.15, 0.2) is 5.96 Å². The van der Waals surface area contributed by atoms with Crippen LogP contribution in [0.15, 0.2) is 23.3 Å². The van der Waals surface area contributed by atoms with Crippen LogP contribution in [0.2, 0.25) is 0 Å². The van der Waals surface area contributed by atoms with Crippen molar-refractivity contribution in [1.29, 1.82) is 0 Å². The number of hydrogen-bond donors (Lipinski definition) is 2. The maximum atomic E-state index is 5.02. The van der Waals surface area contributed by atoms with Crippen molar-refractivity contribution < 1.29 is 4.74 Å². The summed E-state index contributed by atoms with van der Waals surface area (Å²) < 4.78 is 5.02. The summed E-state index contributed by atoms with van der Waals surface area (Å²) in [5.74, 6) is 0.823. The minimum absolute atomic E-state index is 0. The molecular weight excluding hydrogens is 367 g/mol. The van der Waals surface area contributed by atoms with E-state index in [1.807, 2.05) is 6.07 Å². The van der Waals surface area contributed by atoms with Gasteiger partial charge in [-0.15, -0.1) is 24.0 Å². The van der Waals surface area contributed by atoms with E-state index in [0.717, 1.165) is 37.8 Å². The van der Waals surface area contributed by atoms with Gasteiger partial charge in [-0.25, -0.2) is 4.99 Å². The molecule has 5 nitrogen and oxygen atoms in total. The smallest absolute Gasteiger partial charge is 0.191 e. The van der Waals surface area contributed by atoms with Crippen LogP contribution in [0, 0.1) is 6.92 Å².